The third-order valence-electron chi connectivity index (χ3n) is 4.14. The minimum Gasteiger partial charge on any atom is -0.510 e. The number of nitriles is 1. The molecule has 2 aromatic carbocycles. The number of benzene rings is 2. The van der Waals surface area contributed by atoms with E-state index in [9.17, 15) is 14.8 Å². The molecular weight excluding hydrogens is 393 g/mol. The van der Waals surface area contributed by atoms with Crippen LogP contribution in [0.25, 0.3) is 28.0 Å². The van der Waals surface area contributed by atoms with Gasteiger partial charge in [-0.15, -0.1) is 10.2 Å². The highest BCUT2D eigenvalue weighted by atomic mass is 32.2. The Hall–Kier alpha value is -3.84. The van der Waals surface area contributed by atoms with Gasteiger partial charge in [0.05, 0.1) is 22.3 Å². The topological polar surface area (TPSA) is 129 Å². The summed E-state index contributed by atoms with van der Waals surface area (Å²) < 4.78 is 15.1. The lowest BCUT2D eigenvalue weighted by Crippen LogP contribution is -2.12. The van der Waals surface area contributed by atoms with E-state index < -0.39 is 5.82 Å². The van der Waals surface area contributed by atoms with Crippen molar-refractivity contribution in [2.24, 2.45) is 0 Å². The number of aliphatic hydroxyl groups excluding tert-OH is 1. The Bertz CT molecular complexity index is 1240. The van der Waals surface area contributed by atoms with E-state index in [1.807, 2.05) is 24.3 Å². The predicted molar refractivity (Wildman–Crippen MR) is 108 cm³/mol. The molecule has 10 heteroatoms. The van der Waals surface area contributed by atoms with Crippen molar-refractivity contribution in [2.75, 3.05) is 11.6 Å². The van der Waals surface area contributed by atoms with E-state index in [2.05, 4.69) is 20.2 Å². The molecule has 0 radical (unpaired) electrons. The highest BCUT2D eigenvalue weighted by Gasteiger charge is 2.18. The second-order valence-corrected chi connectivity index (χ2v) is 6.92. The van der Waals surface area contributed by atoms with Crippen molar-refractivity contribution in [3.63, 3.8) is 0 Å². The highest BCUT2D eigenvalue weighted by molar-refractivity contribution is 7.99. The predicted octanol–water partition coefficient (Wildman–Crippen LogP) is 3.26. The molecule has 0 aliphatic carbocycles. The van der Waals surface area contributed by atoms with Crippen LogP contribution in [0.5, 0.6) is 0 Å². The zero-order valence-corrected chi connectivity index (χ0v) is 15.7. The van der Waals surface area contributed by atoms with E-state index >= 15 is 0 Å². The Morgan fingerprint density at radius 3 is 2.72 bits per heavy atom. The van der Waals surface area contributed by atoms with Gasteiger partial charge < -0.3 is 15.9 Å². The van der Waals surface area contributed by atoms with Gasteiger partial charge in [0.1, 0.15) is 23.2 Å². The first-order valence-corrected chi connectivity index (χ1v) is 9.42. The van der Waals surface area contributed by atoms with Gasteiger partial charge in [-0.2, -0.15) is 5.26 Å². The number of para-hydroxylation sites is 2. The minimum absolute atomic E-state index is 0.00649. The molecule has 0 fully saturated rings. The summed E-state index contributed by atoms with van der Waals surface area (Å²) in [6, 6.07) is 15.4. The third-order valence-corrected chi connectivity index (χ3v) is 5.10. The first kappa shape index (κ1) is 18.5. The molecule has 0 atom stereocenters. The van der Waals surface area contributed by atoms with Crippen LogP contribution in [-0.2, 0) is 0 Å². The maximum atomic E-state index is 14.0. The number of imidazole rings is 1. The lowest BCUT2D eigenvalue weighted by Gasteiger charge is -2.05. The van der Waals surface area contributed by atoms with Gasteiger partial charge in [0.15, 0.2) is 11.6 Å². The van der Waals surface area contributed by atoms with Gasteiger partial charge >= 0.3 is 0 Å². The molecule has 0 bridgehead atoms. The van der Waals surface area contributed by atoms with Crippen molar-refractivity contribution in [2.45, 2.75) is 5.16 Å². The van der Waals surface area contributed by atoms with E-state index in [1.54, 1.807) is 24.3 Å². The maximum Gasteiger partial charge on any atom is 0.210 e. The smallest absolute Gasteiger partial charge is 0.210 e. The van der Waals surface area contributed by atoms with Gasteiger partial charge in [-0.3, -0.25) is 0 Å². The first-order valence-electron chi connectivity index (χ1n) is 8.44. The molecule has 29 heavy (non-hydrogen) atoms. The number of hydrogen-bond donors (Lipinski definition) is 3. The third kappa shape index (κ3) is 3.51. The van der Waals surface area contributed by atoms with Crippen molar-refractivity contribution in [3.05, 3.63) is 65.9 Å². The van der Waals surface area contributed by atoms with Crippen LogP contribution in [0, 0.1) is 17.1 Å². The average Bonchev–Trinajstić information content (AvgIpc) is 3.31. The summed E-state index contributed by atoms with van der Waals surface area (Å²) in [5.74, 6) is 5.76. The fourth-order valence-corrected chi connectivity index (χ4v) is 3.47. The molecule has 4 N–H and O–H groups in total. The first-order chi connectivity index (χ1) is 14.1. The van der Waals surface area contributed by atoms with Crippen molar-refractivity contribution in [1.29, 1.82) is 5.26 Å². The Morgan fingerprint density at radius 2 is 1.97 bits per heavy atom. The number of nitrogens with zero attached hydrogens (tertiary/aromatic N) is 5. The minimum atomic E-state index is -0.470. The quantitative estimate of drug-likeness (QED) is 0.200. The van der Waals surface area contributed by atoms with Crippen LogP contribution in [0.1, 0.15) is 5.82 Å². The van der Waals surface area contributed by atoms with E-state index in [-0.39, 0.29) is 39.5 Å². The molecule has 4 rings (SSSR count). The SMILES string of the molecule is N#C/C(=C(/O)CSc1nnc(-c2ccccc2F)n1N)c1nc2ccccc2[nH]1. The van der Waals surface area contributed by atoms with Gasteiger partial charge in [-0.05, 0) is 24.3 Å². The fraction of sp³-hybridized carbons (Fsp3) is 0.0526. The van der Waals surface area contributed by atoms with Gasteiger partial charge in [0.2, 0.25) is 5.16 Å². The van der Waals surface area contributed by atoms with Crippen LogP contribution < -0.4 is 5.84 Å². The number of rotatable bonds is 5. The number of nitrogen functional groups attached to an aromatic ring is 1. The summed E-state index contributed by atoms with van der Waals surface area (Å²) in [4.78, 5) is 7.33. The number of H-pyrrole nitrogens is 1. The van der Waals surface area contributed by atoms with Crippen molar-refractivity contribution < 1.29 is 9.50 Å². The number of nitrogens with two attached hydrogens (primary N) is 1. The van der Waals surface area contributed by atoms with E-state index in [0.717, 1.165) is 22.0 Å². The van der Waals surface area contributed by atoms with Gasteiger partial charge in [0.25, 0.3) is 0 Å². The van der Waals surface area contributed by atoms with Crippen LogP contribution in [0.2, 0.25) is 0 Å². The van der Waals surface area contributed by atoms with Gasteiger partial charge in [0, 0.05) is 0 Å². The van der Waals surface area contributed by atoms with Crippen LogP contribution in [0.15, 0.2) is 59.4 Å². The largest absolute Gasteiger partial charge is 0.510 e. The number of thioether (sulfide) groups is 1. The summed E-state index contributed by atoms with van der Waals surface area (Å²) in [6.07, 6.45) is 0. The molecule has 0 spiro atoms. The lowest BCUT2D eigenvalue weighted by atomic mass is 10.2. The number of aromatic nitrogens is 5. The molecule has 2 aromatic heterocycles. The van der Waals surface area contributed by atoms with Crippen LogP contribution >= 0.6 is 11.8 Å². The zero-order chi connectivity index (χ0) is 20.4. The summed E-state index contributed by atoms with van der Waals surface area (Å²) in [5.41, 5.74) is 1.68. The molecule has 8 nitrogen and oxygen atoms in total. The van der Waals surface area contributed by atoms with Crippen LogP contribution in [0.4, 0.5) is 4.39 Å². The Balaban J connectivity index is 1.58. The molecule has 0 amide bonds. The molecule has 0 unspecified atom stereocenters. The number of aliphatic hydroxyl groups is 1. The average molecular weight is 407 g/mol. The molecular formula is C19H14FN7OS. The number of allylic oxidation sites excluding steroid dienone is 1. The van der Waals surface area contributed by atoms with Gasteiger partial charge in [-0.1, -0.05) is 36.0 Å². The zero-order valence-electron chi connectivity index (χ0n) is 14.9. The Kier molecular flexibility index (Phi) is 4.88. The monoisotopic (exact) mass is 407 g/mol. The van der Waals surface area contributed by atoms with E-state index in [4.69, 9.17) is 5.84 Å². The molecule has 144 valence electrons. The highest BCUT2D eigenvalue weighted by Crippen LogP contribution is 2.26. The Morgan fingerprint density at radius 1 is 1.21 bits per heavy atom. The Labute approximate surface area is 168 Å². The van der Waals surface area contributed by atoms with Gasteiger partial charge in [-0.25, -0.2) is 14.1 Å². The molecule has 2 heterocycles. The molecule has 0 aliphatic rings. The summed E-state index contributed by atoms with van der Waals surface area (Å²) >= 11 is 1.06. The van der Waals surface area contributed by atoms with Crippen molar-refractivity contribution >= 4 is 28.4 Å². The summed E-state index contributed by atoms with van der Waals surface area (Å²) in [7, 11) is 0. The standard InChI is InChI=1S/C19H14FN7OS/c20-13-6-2-1-5-11(13)18-25-26-19(27(18)22)29-10-16(28)12(9-21)17-23-14-7-3-4-8-15(14)24-17/h1-8,28H,10,22H2,(H,23,24)/b16-12-. The van der Waals surface area contributed by atoms with Crippen LogP contribution in [0.3, 0.4) is 0 Å². The molecule has 0 saturated carbocycles. The van der Waals surface area contributed by atoms with Crippen molar-refractivity contribution in [3.8, 4) is 17.5 Å². The number of halogens is 1. The number of nitrogens with one attached hydrogen (secondary N) is 1. The number of aromatic amines is 1. The van der Waals surface area contributed by atoms with Crippen LogP contribution in [-0.4, -0.2) is 35.7 Å². The second kappa shape index (κ2) is 7.65. The second-order valence-electron chi connectivity index (χ2n) is 5.98. The van der Waals surface area contributed by atoms with E-state index in [1.165, 1.54) is 6.07 Å². The maximum absolute atomic E-state index is 14.0. The normalized spacial score (nSPS) is 12.0. The number of fused-ring (bicyclic) bond motifs is 1. The summed E-state index contributed by atoms with van der Waals surface area (Å²) in [5, 5.41) is 28.0. The molecule has 4 aromatic rings. The molecule has 0 aliphatic heterocycles. The lowest BCUT2D eigenvalue weighted by molar-refractivity contribution is 0.420. The number of hydrogen-bond acceptors (Lipinski definition) is 7. The fourth-order valence-electron chi connectivity index (χ4n) is 2.73. The molecule has 0 saturated heterocycles. The van der Waals surface area contributed by atoms with Crippen molar-refractivity contribution in [1.82, 2.24) is 24.8 Å². The summed E-state index contributed by atoms with van der Waals surface area (Å²) in [6.45, 7) is 0. The van der Waals surface area contributed by atoms with E-state index in [0.29, 0.717) is 5.52 Å².